The highest BCUT2D eigenvalue weighted by Crippen LogP contribution is 2.38. The minimum absolute atomic E-state index is 0.689. The molecule has 8 aromatic carbocycles. The molecule has 10 aromatic rings. The zero-order valence-electron chi connectivity index (χ0n) is 28.8. The van der Waals surface area contributed by atoms with Gasteiger partial charge in [0.2, 0.25) is 0 Å². The number of benzene rings is 8. The summed E-state index contributed by atoms with van der Waals surface area (Å²) in [6.45, 7) is 0. The van der Waals surface area contributed by atoms with Crippen LogP contribution in [0.4, 0.5) is 0 Å². The van der Waals surface area contributed by atoms with E-state index in [0.29, 0.717) is 5.82 Å². The van der Waals surface area contributed by atoms with Crippen LogP contribution in [0.2, 0.25) is 0 Å². The minimum atomic E-state index is 0.689. The summed E-state index contributed by atoms with van der Waals surface area (Å²) in [7, 11) is 0. The van der Waals surface area contributed by atoms with E-state index < -0.39 is 0 Å². The summed E-state index contributed by atoms with van der Waals surface area (Å²) in [6, 6.07) is 68.2. The van der Waals surface area contributed by atoms with Crippen LogP contribution in [0.3, 0.4) is 0 Å². The third kappa shape index (κ3) is 5.85. The van der Waals surface area contributed by atoms with Crippen molar-refractivity contribution in [2.45, 2.75) is 0 Å². The third-order valence-corrected chi connectivity index (χ3v) is 10.0. The molecule has 0 atom stereocenters. The Morgan fingerprint density at radius 1 is 0.283 bits per heavy atom. The fourth-order valence-corrected chi connectivity index (χ4v) is 7.33. The van der Waals surface area contributed by atoms with Crippen LogP contribution in [0.1, 0.15) is 0 Å². The average molecular weight is 677 g/mol. The van der Waals surface area contributed by atoms with Gasteiger partial charge in [0.15, 0.2) is 5.82 Å². The highest BCUT2D eigenvalue weighted by Gasteiger charge is 2.15. The largest absolute Gasteiger partial charge is 0.456 e. The molecule has 10 rings (SSSR count). The van der Waals surface area contributed by atoms with E-state index in [1.807, 2.05) is 18.2 Å². The van der Waals surface area contributed by atoms with Crippen molar-refractivity contribution >= 4 is 32.7 Å². The van der Waals surface area contributed by atoms with E-state index in [0.717, 1.165) is 77.7 Å². The van der Waals surface area contributed by atoms with Crippen molar-refractivity contribution in [3.05, 3.63) is 194 Å². The van der Waals surface area contributed by atoms with Crippen LogP contribution in [-0.4, -0.2) is 9.97 Å². The van der Waals surface area contributed by atoms with Crippen molar-refractivity contribution in [3.63, 3.8) is 0 Å². The number of para-hydroxylation sites is 1. The maximum atomic E-state index is 6.35. The summed E-state index contributed by atoms with van der Waals surface area (Å²) in [5.74, 6) is 0.689. The summed E-state index contributed by atoms with van der Waals surface area (Å²) in [5, 5.41) is 4.58. The van der Waals surface area contributed by atoms with Gasteiger partial charge < -0.3 is 4.42 Å². The molecular weight excluding hydrogens is 645 g/mol. The van der Waals surface area contributed by atoms with Crippen molar-refractivity contribution in [1.82, 2.24) is 9.97 Å². The van der Waals surface area contributed by atoms with Gasteiger partial charge in [-0.05, 0) is 98.8 Å². The van der Waals surface area contributed by atoms with Gasteiger partial charge in [-0.15, -0.1) is 0 Å². The second kappa shape index (κ2) is 12.9. The highest BCUT2D eigenvalue weighted by molar-refractivity contribution is 6.06. The lowest BCUT2D eigenvalue weighted by molar-refractivity contribution is 0.669. The van der Waals surface area contributed by atoms with Crippen LogP contribution in [0, 0.1) is 0 Å². The Morgan fingerprint density at radius 3 is 1.62 bits per heavy atom. The molecule has 248 valence electrons. The van der Waals surface area contributed by atoms with Gasteiger partial charge in [0.25, 0.3) is 0 Å². The Morgan fingerprint density at radius 2 is 0.830 bits per heavy atom. The summed E-state index contributed by atoms with van der Waals surface area (Å²) in [6.07, 6.45) is 0. The van der Waals surface area contributed by atoms with E-state index in [9.17, 15) is 0 Å². The molecule has 0 aliphatic carbocycles. The van der Waals surface area contributed by atoms with Gasteiger partial charge >= 0.3 is 0 Å². The summed E-state index contributed by atoms with van der Waals surface area (Å²) in [4.78, 5) is 10.4. The maximum absolute atomic E-state index is 6.35. The Hall–Kier alpha value is -7.10. The molecule has 0 radical (unpaired) electrons. The first-order valence-corrected chi connectivity index (χ1v) is 17.9. The topological polar surface area (TPSA) is 38.9 Å². The molecule has 0 saturated heterocycles. The van der Waals surface area contributed by atoms with Gasteiger partial charge in [0, 0.05) is 27.5 Å². The second-order valence-corrected chi connectivity index (χ2v) is 13.4. The predicted octanol–water partition coefficient (Wildman–Crippen LogP) is 13.5. The number of aromatic nitrogens is 2. The van der Waals surface area contributed by atoms with E-state index >= 15 is 0 Å². The van der Waals surface area contributed by atoms with Gasteiger partial charge in [-0.2, -0.15) is 0 Å². The Kier molecular flexibility index (Phi) is 7.47. The molecule has 0 spiro atoms. The Bertz CT molecular complexity index is 2950. The van der Waals surface area contributed by atoms with Gasteiger partial charge in [-0.1, -0.05) is 140 Å². The van der Waals surface area contributed by atoms with Crippen molar-refractivity contribution < 1.29 is 4.42 Å². The zero-order chi connectivity index (χ0) is 35.1. The van der Waals surface area contributed by atoms with Crippen LogP contribution < -0.4 is 0 Å². The van der Waals surface area contributed by atoms with Crippen molar-refractivity contribution in [3.8, 4) is 67.3 Å². The van der Waals surface area contributed by atoms with E-state index in [1.165, 1.54) is 16.5 Å². The van der Waals surface area contributed by atoms with E-state index in [4.69, 9.17) is 14.4 Å². The van der Waals surface area contributed by atoms with Crippen molar-refractivity contribution in [1.29, 1.82) is 0 Å². The van der Waals surface area contributed by atoms with Crippen LogP contribution in [0.5, 0.6) is 0 Å². The number of hydrogen-bond acceptors (Lipinski definition) is 3. The molecule has 2 heterocycles. The number of furan rings is 1. The summed E-state index contributed by atoms with van der Waals surface area (Å²) >= 11 is 0. The molecule has 0 saturated carbocycles. The quantitative estimate of drug-likeness (QED) is 0.176. The molecule has 0 unspecified atom stereocenters. The molecule has 0 bridgehead atoms. The number of rotatable bonds is 6. The van der Waals surface area contributed by atoms with Gasteiger partial charge in [0.1, 0.15) is 11.2 Å². The number of hydrogen-bond donors (Lipinski definition) is 0. The molecule has 3 nitrogen and oxygen atoms in total. The lowest BCUT2D eigenvalue weighted by atomic mass is 9.92. The second-order valence-electron chi connectivity index (χ2n) is 13.4. The molecule has 0 fully saturated rings. The first-order chi connectivity index (χ1) is 26.2. The van der Waals surface area contributed by atoms with E-state index in [2.05, 4.69) is 176 Å². The summed E-state index contributed by atoms with van der Waals surface area (Å²) in [5.41, 5.74) is 13.3. The highest BCUT2D eigenvalue weighted by atomic mass is 16.3. The van der Waals surface area contributed by atoms with E-state index in [1.54, 1.807) is 0 Å². The Labute approximate surface area is 307 Å². The lowest BCUT2D eigenvalue weighted by Crippen LogP contribution is -1.97. The normalized spacial score (nSPS) is 11.4. The van der Waals surface area contributed by atoms with Gasteiger partial charge in [-0.25, -0.2) is 9.97 Å². The molecule has 0 aliphatic heterocycles. The van der Waals surface area contributed by atoms with Crippen molar-refractivity contribution in [2.75, 3.05) is 0 Å². The smallest absolute Gasteiger partial charge is 0.160 e. The van der Waals surface area contributed by atoms with Crippen LogP contribution in [0.15, 0.2) is 199 Å². The molecule has 3 heteroatoms. The van der Waals surface area contributed by atoms with Gasteiger partial charge in [0.05, 0.1) is 11.4 Å². The predicted molar refractivity (Wildman–Crippen MR) is 219 cm³/mol. The first kappa shape index (κ1) is 30.7. The van der Waals surface area contributed by atoms with Crippen molar-refractivity contribution in [2.24, 2.45) is 0 Å². The lowest BCUT2D eigenvalue weighted by Gasteiger charge is -2.14. The van der Waals surface area contributed by atoms with E-state index in [-0.39, 0.29) is 0 Å². The molecule has 0 aliphatic rings. The zero-order valence-corrected chi connectivity index (χ0v) is 28.8. The molecule has 2 aromatic heterocycles. The first-order valence-electron chi connectivity index (χ1n) is 17.9. The number of fused-ring (bicyclic) bond motifs is 4. The fraction of sp³-hybridized carbons (Fsp3) is 0. The molecular formula is C50H32N2O. The molecule has 53 heavy (non-hydrogen) atoms. The maximum Gasteiger partial charge on any atom is 0.160 e. The summed E-state index contributed by atoms with van der Waals surface area (Å²) < 4.78 is 6.35. The fourth-order valence-electron chi connectivity index (χ4n) is 7.33. The third-order valence-electron chi connectivity index (χ3n) is 10.0. The molecule has 0 amide bonds. The van der Waals surface area contributed by atoms with Crippen LogP contribution in [-0.2, 0) is 0 Å². The number of nitrogens with zero attached hydrogens (tertiary/aromatic N) is 2. The van der Waals surface area contributed by atoms with Crippen LogP contribution >= 0.6 is 0 Å². The minimum Gasteiger partial charge on any atom is -0.456 e. The molecule has 0 N–H and O–H groups in total. The average Bonchev–Trinajstić information content (AvgIpc) is 3.62. The van der Waals surface area contributed by atoms with Crippen LogP contribution in [0.25, 0.3) is 100.0 Å². The SMILES string of the molecule is c1ccc(-c2cccc(-c3cc(-c4ccc5c(c4)oc4ccccc45)cc(-c4cc(-c5ccccc5)nc(-c5ccc6ccccc6c5)n4)c3)c2)cc1. The van der Waals surface area contributed by atoms with Gasteiger partial charge in [-0.3, -0.25) is 0 Å². The standard InChI is InChI=1S/C50H32N2O/c1-3-12-33(13-4-1)37-18-11-19-38(26-37)41-28-42(39-24-25-45-44-20-9-10-21-48(44)53-49(45)31-39)30-43(29-41)47-32-46(35-15-5-2-6-16-35)51-50(52-47)40-23-22-34-14-7-8-17-36(34)27-40/h1-32H. The Balaban J connectivity index is 1.19. The monoisotopic (exact) mass is 676 g/mol.